The van der Waals surface area contributed by atoms with Gasteiger partial charge in [-0.05, 0) is 29.7 Å². The predicted molar refractivity (Wildman–Crippen MR) is 79.2 cm³/mol. The lowest BCUT2D eigenvalue weighted by Gasteiger charge is -2.39. The number of H-pyrrole nitrogens is 1. The number of aromatic nitrogens is 2. The summed E-state index contributed by atoms with van der Waals surface area (Å²) in [7, 11) is 0. The molecule has 2 N–H and O–H groups in total. The number of anilines is 1. The Kier molecular flexibility index (Phi) is 2.98. The fraction of sp³-hybridized carbons (Fsp3) is 0.500. The Bertz CT molecular complexity index is 547. The summed E-state index contributed by atoms with van der Waals surface area (Å²) in [6.45, 7) is 4.72. The molecule has 96 valence electrons. The number of thioether (sulfide) groups is 1. The SMILES string of the molecule is CC1(C)CCSCC1Nc1cccc2[nH]ncc12. The van der Waals surface area contributed by atoms with E-state index in [1.165, 1.54) is 29.0 Å². The maximum Gasteiger partial charge on any atom is 0.0671 e. The van der Waals surface area contributed by atoms with Gasteiger partial charge < -0.3 is 5.32 Å². The third-order valence-corrected chi connectivity index (χ3v) is 4.99. The van der Waals surface area contributed by atoms with Gasteiger partial charge in [-0.2, -0.15) is 16.9 Å². The monoisotopic (exact) mass is 261 g/mol. The van der Waals surface area contributed by atoms with E-state index in [2.05, 4.69) is 47.6 Å². The van der Waals surface area contributed by atoms with Crippen molar-refractivity contribution in [3.8, 4) is 0 Å². The Morgan fingerprint density at radius 3 is 3.17 bits per heavy atom. The number of rotatable bonds is 2. The normalized spacial score (nSPS) is 23.1. The maximum atomic E-state index is 4.12. The van der Waals surface area contributed by atoms with Gasteiger partial charge in [-0.1, -0.05) is 19.9 Å². The summed E-state index contributed by atoms with van der Waals surface area (Å²) >= 11 is 2.05. The highest BCUT2D eigenvalue weighted by molar-refractivity contribution is 7.99. The van der Waals surface area contributed by atoms with E-state index in [1.807, 2.05) is 18.0 Å². The number of hydrogen-bond acceptors (Lipinski definition) is 3. The van der Waals surface area contributed by atoms with Gasteiger partial charge in [0.2, 0.25) is 0 Å². The molecule has 1 atom stereocenters. The molecule has 0 aliphatic carbocycles. The number of hydrogen-bond donors (Lipinski definition) is 2. The molecule has 2 heterocycles. The Labute approximate surface area is 112 Å². The molecule has 2 aromatic rings. The average molecular weight is 261 g/mol. The van der Waals surface area contributed by atoms with Crippen LogP contribution in [-0.2, 0) is 0 Å². The minimum Gasteiger partial charge on any atom is -0.380 e. The molecule has 1 unspecified atom stereocenters. The molecule has 0 spiro atoms. The summed E-state index contributed by atoms with van der Waals surface area (Å²) in [4.78, 5) is 0. The van der Waals surface area contributed by atoms with Gasteiger partial charge in [0.25, 0.3) is 0 Å². The van der Waals surface area contributed by atoms with Crippen LogP contribution in [0.25, 0.3) is 10.9 Å². The third kappa shape index (κ3) is 2.09. The summed E-state index contributed by atoms with van der Waals surface area (Å²) in [6.07, 6.45) is 3.18. The van der Waals surface area contributed by atoms with E-state index in [0.717, 1.165) is 5.52 Å². The van der Waals surface area contributed by atoms with E-state index in [9.17, 15) is 0 Å². The van der Waals surface area contributed by atoms with E-state index in [0.29, 0.717) is 11.5 Å². The van der Waals surface area contributed by atoms with Gasteiger partial charge in [-0.3, -0.25) is 5.10 Å². The minimum absolute atomic E-state index is 0.358. The number of benzene rings is 1. The van der Waals surface area contributed by atoms with Crippen LogP contribution in [0.5, 0.6) is 0 Å². The molecule has 1 aliphatic heterocycles. The number of fused-ring (bicyclic) bond motifs is 1. The summed E-state index contributed by atoms with van der Waals surface area (Å²) in [6, 6.07) is 6.81. The Morgan fingerprint density at radius 1 is 1.44 bits per heavy atom. The Balaban J connectivity index is 1.89. The molecule has 0 radical (unpaired) electrons. The van der Waals surface area contributed by atoms with Crippen molar-refractivity contribution < 1.29 is 0 Å². The van der Waals surface area contributed by atoms with Crippen LogP contribution in [0.2, 0.25) is 0 Å². The van der Waals surface area contributed by atoms with Crippen molar-refractivity contribution in [2.24, 2.45) is 5.41 Å². The van der Waals surface area contributed by atoms with Crippen molar-refractivity contribution in [3.05, 3.63) is 24.4 Å². The number of aromatic amines is 1. The zero-order valence-electron chi connectivity index (χ0n) is 10.9. The van der Waals surface area contributed by atoms with E-state index >= 15 is 0 Å². The molecule has 0 saturated carbocycles. The van der Waals surface area contributed by atoms with Crippen molar-refractivity contribution >= 4 is 28.4 Å². The van der Waals surface area contributed by atoms with Crippen LogP contribution in [0.4, 0.5) is 5.69 Å². The molecule has 0 amide bonds. The van der Waals surface area contributed by atoms with Crippen molar-refractivity contribution in [2.45, 2.75) is 26.3 Å². The molecule has 1 aromatic carbocycles. The average Bonchev–Trinajstić information content (AvgIpc) is 2.81. The standard InChI is InChI=1S/C14H19N3S/c1-14(2)6-7-18-9-13(14)16-11-4-3-5-12-10(11)8-15-17-12/h3-5,8,13,16H,6-7,9H2,1-2H3,(H,15,17). The fourth-order valence-electron chi connectivity index (χ4n) is 2.45. The largest absolute Gasteiger partial charge is 0.380 e. The first-order valence-electron chi connectivity index (χ1n) is 6.43. The third-order valence-electron chi connectivity index (χ3n) is 3.93. The molecule has 1 fully saturated rings. The van der Waals surface area contributed by atoms with Crippen LogP contribution in [0.3, 0.4) is 0 Å². The zero-order valence-corrected chi connectivity index (χ0v) is 11.7. The van der Waals surface area contributed by atoms with Crippen LogP contribution in [-0.4, -0.2) is 27.7 Å². The zero-order chi connectivity index (χ0) is 12.6. The molecule has 4 heteroatoms. The van der Waals surface area contributed by atoms with Crippen molar-refractivity contribution in [2.75, 3.05) is 16.8 Å². The lowest BCUT2D eigenvalue weighted by molar-refractivity contribution is 0.305. The summed E-state index contributed by atoms with van der Waals surface area (Å²) < 4.78 is 0. The Hall–Kier alpha value is -1.16. The highest BCUT2D eigenvalue weighted by Gasteiger charge is 2.32. The maximum absolute atomic E-state index is 4.12. The molecule has 0 bridgehead atoms. The van der Waals surface area contributed by atoms with Crippen LogP contribution >= 0.6 is 11.8 Å². The first-order valence-corrected chi connectivity index (χ1v) is 7.59. The smallest absolute Gasteiger partial charge is 0.0671 e. The van der Waals surface area contributed by atoms with Gasteiger partial charge in [-0.25, -0.2) is 0 Å². The highest BCUT2D eigenvalue weighted by atomic mass is 32.2. The second-order valence-electron chi connectivity index (χ2n) is 5.65. The minimum atomic E-state index is 0.358. The molecule has 1 saturated heterocycles. The Morgan fingerprint density at radius 2 is 2.33 bits per heavy atom. The molecule has 3 rings (SSSR count). The van der Waals surface area contributed by atoms with E-state index in [-0.39, 0.29) is 0 Å². The second-order valence-corrected chi connectivity index (χ2v) is 6.80. The lowest BCUT2D eigenvalue weighted by Crippen LogP contribution is -2.41. The summed E-state index contributed by atoms with van der Waals surface area (Å²) in [5.41, 5.74) is 2.65. The highest BCUT2D eigenvalue weighted by Crippen LogP contribution is 2.36. The van der Waals surface area contributed by atoms with E-state index in [4.69, 9.17) is 0 Å². The first-order chi connectivity index (χ1) is 8.67. The topological polar surface area (TPSA) is 40.7 Å². The number of nitrogens with zero attached hydrogens (tertiary/aromatic N) is 1. The molecule has 3 nitrogen and oxygen atoms in total. The summed E-state index contributed by atoms with van der Waals surface area (Å²) in [5, 5.41) is 12.0. The van der Waals surface area contributed by atoms with Crippen LogP contribution in [0, 0.1) is 5.41 Å². The second kappa shape index (κ2) is 4.50. The van der Waals surface area contributed by atoms with Crippen LogP contribution in [0.15, 0.2) is 24.4 Å². The molecule has 1 aliphatic rings. The van der Waals surface area contributed by atoms with Gasteiger partial charge in [0, 0.05) is 22.9 Å². The summed E-state index contributed by atoms with van der Waals surface area (Å²) in [5.74, 6) is 2.46. The van der Waals surface area contributed by atoms with Crippen LogP contribution in [0.1, 0.15) is 20.3 Å². The lowest BCUT2D eigenvalue weighted by atomic mass is 9.82. The fourth-order valence-corrected chi connectivity index (χ4v) is 4.06. The molecular formula is C14H19N3S. The van der Waals surface area contributed by atoms with E-state index in [1.54, 1.807) is 0 Å². The van der Waals surface area contributed by atoms with Gasteiger partial charge in [0.15, 0.2) is 0 Å². The van der Waals surface area contributed by atoms with E-state index < -0.39 is 0 Å². The first kappa shape index (κ1) is 11.9. The van der Waals surface area contributed by atoms with Crippen molar-refractivity contribution in [1.82, 2.24) is 10.2 Å². The van der Waals surface area contributed by atoms with Gasteiger partial charge in [0.1, 0.15) is 0 Å². The number of nitrogens with one attached hydrogen (secondary N) is 2. The predicted octanol–water partition coefficient (Wildman–Crippen LogP) is 3.51. The van der Waals surface area contributed by atoms with Crippen LogP contribution < -0.4 is 5.32 Å². The van der Waals surface area contributed by atoms with Crippen molar-refractivity contribution in [3.63, 3.8) is 0 Å². The quantitative estimate of drug-likeness (QED) is 0.869. The molecule has 1 aromatic heterocycles. The molecule has 18 heavy (non-hydrogen) atoms. The van der Waals surface area contributed by atoms with Gasteiger partial charge >= 0.3 is 0 Å². The van der Waals surface area contributed by atoms with Crippen molar-refractivity contribution in [1.29, 1.82) is 0 Å². The van der Waals surface area contributed by atoms with Gasteiger partial charge in [0.05, 0.1) is 11.7 Å². The molecular weight excluding hydrogens is 242 g/mol. The van der Waals surface area contributed by atoms with Gasteiger partial charge in [-0.15, -0.1) is 0 Å².